The molecule has 2 heterocycles. The van der Waals surface area contributed by atoms with Gasteiger partial charge in [-0.15, -0.1) is 0 Å². The second kappa shape index (κ2) is 9.07. The zero-order valence-corrected chi connectivity index (χ0v) is 16.3. The summed E-state index contributed by atoms with van der Waals surface area (Å²) in [6, 6.07) is 10.2. The van der Waals surface area contributed by atoms with Crippen LogP contribution in [0, 0.1) is 0 Å². The fraction of sp³-hybridized carbons (Fsp3) is 0.444. The number of piperazine rings is 1. The number of rotatable bonds is 7. The first kappa shape index (κ1) is 18.8. The third-order valence-corrected chi connectivity index (χ3v) is 5.32. The van der Waals surface area contributed by atoms with E-state index in [1.54, 1.807) is 20.3 Å². The highest BCUT2D eigenvalue weighted by Gasteiger charge is 2.19. The van der Waals surface area contributed by atoms with Crippen molar-refractivity contribution in [2.24, 2.45) is 0 Å². The van der Waals surface area contributed by atoms with E-state index in [9.17, 15) is 0 Å². The minimum atomic E-state index is 0.533. The number of hydrogen-bond donors (Lipinski definition) is 1. The highest BCUT2D eigenvalue weighted by Crippen LogP contribution is 2.25. The van der Waals surface area contributed by atoms with Crippen LogP contribution in [0.2, 0.25) is 0 Å². The molecule has 3 rings (SSSR count). The van der Waals surface area contributed by atoms with E-state index in [0.29, 0.717) is 18.3 Å². The largest absolute Gasteiger partial charge is 0.481 e. The fourth-order valence-electron chi connectivity index (χ4n) is 2.74. The first-order valence-electron chi connectivity index (χ1n) is 8.59. The molecule has 1 fully saturated rings. The van der Waals surface area contributed by atoms with Crippen LogP contribution in [0.1, 0.15) is 5.82 Å². The molecule has 0 saturated carbocycles. The predicted octanol–water partition coefficient (Wildman–Crippen LogP) is 2.36. The van der Waals surface area contributed by atoms with E-state index in [-0.39, 0.29) is 0 Å². The first-order chi connectivity index (χ1) is 12.7. The summed E-state index contributed by atoms with van der Waals surface area (Å²) in [4.78, 5) is 12.5. The van der Waals surface area contributed by atoms with E-state index in [1.165, 1.54) is 4.90 Å². The molecule has 0 bridgehead atoms. The molecule has 1 saturated heterocycles. The Balaban J connectivity index is 1.52. The quantitative estimate of drug-likeness (QED) is 0.740. The molecule has 2 aromatic rings. The number of methoxy groups -OCH3 is 2. The van der Waals surface area contributed by atoms with Crippen LogP contribution < -0.4 is 14.8 Å². The van der Waals surface area contributed by atoms with Crippen molar-refractivity contribution >= 4 is 17.6 Å². The molecule has 1 N–H and O–H groups in total. The molecule has 1 aliphatic heterocycles. The van der Waals surface area contributed by atoms with Gasteiger partial charge >= 0.3 is 0 Å². The molecule has 0 atom stereocenters. The summed E-state index contributed by atoms with van der Waals surface area (Å²) in [7, 11) is 5.14. The van der Waals surface area contributed by atoms with Gasteiger partial charge in [0.25, 0.3) is 0 Å². The summed E-state index contributed by atoms with van der Waals surface area (Å²) in [6.07, 6.45) is 0. The molecule has 1 aromatic heterocycles. The molecule has 0 radical (unpaired) electrons. The highest BCUT2D eigenvalue weighted by molar-refractivity contribution is 7.97. The number of ether oxygens (including phenoxy) is 2. The molecular formula is C18H25N5O2S. The molecular weight excluding hydrogens is 350 g/mol. The van der Waals surface area contributed by atoms with Crippen molar-refractivity contribution in [3.8, 4) is 11.8 Å². The zero-order chi connectivity index (χ0) is 18.4. The number of hydrogen-bond acceptors (Lipinski definition) is 8. The lowest BCUT2D eigenvalue weighted by molar-refractivity contribution is 0.184. The lowest BCUT2D eigenvalue weighted by Crippen LogP contribution is -2.43. The van der Waals surface area contributed by atoms with Gasteiger partial charge in [0.15, 0.2) is 0 Å². The van der Waals surface area contributed by atoms with Crippen molar-refractivity contribution in [3.63, 3.8) is 0 Å². The second-order valence-electron chi connectivity index (χ2n) is 5.94. The van der Waals surface area contributed by atoms with Crippen LogP contribution >= 0.6 is 11.9 Å². The predicted molar refractivity (Wildman–Crippen MR) is 104 cm³/mol. The third-order valence-electron chi connectivity index (χ3n) is 4.22. The van der Waals surface area contributed by atoms with E-state index in [4.69, 9.17) is 9.47 Å². The van der Waals surface area contributed by atoms with Gasteiger partial charge in [-0.2, -0.15) is 9.97 Å². The van der Waals surface area contributed by atoms with Gasteiger partial charge in [-0.3, -0.25) is 4.90 Å². The van der Waals surface area contributed by atoms with Gasteiger partial charge in [-0.25, -0.2) is 4.31 Å². The summed E-state index contributed by atoms with van der Waals surface area (Å²) in [5, 5.41) is 3.14. The Morgan fingerprint density at radius 2 is 1.62 bits per heavy atom. The number of aromatic nitrogens is 2. The molecule has 1 aromatic carbocycles. The summed E-state index contributed by atoms with van der Waals surface area (Å²) in [5.41, 5.74) is 1.13. The van der Waals surface area contributed by atoms with E-state index in [2.05, 4.69) is 48.8 Å². The Kier molecular flexibility index (Phi) is 6.54. The first-order valence-corrected chi connectivity index (χ1v) is 9.36. The summed E-state index contributed by atoms with van der Waals surface area (Å²) in [5.74, 6) is 1.79. The summed E-state index contributed by atoms with van der Waals surface area (Å²) in [6.45, 7) is 4.65. The lowest BCUT2D eigenvalue weighted by Gasteiger charge is -2.33. The van der Waals surface area contributed by atoms with Crippen molar-refractivity contribution in [3.05, 3.63) is 36.2 Å². The highest BCUT2D eigenvalue weighted by atomic mass is 32.2. The smallest absolute Gasteiger partial charge is 0.220 e. The minimum absolute atomic E-state index is 0.533. The zero-order valence-electron chi connectivity index (χ0n) is 15.4. The molecule has 0 unspecified atom stereocenters. The van der Waals surface area contributed by atoms with Crippen LogP contribution in [0.3, 0.4) is 0 Å². The monoisotopic (exact) mass is 375 g/mol. The summed E-state index contributed by atoms with van der Waals surface area (Å²) >= 11 is 1.81. The van der Waals surface area contributed by atoms with E-state index in [0.717, 1.165) is 37.7 Å². The average molecular weight is 375 g/mol. The maximum absolute atomic E-state index is 5.22. The van der Waals surface area contributed by atoms with Gasteiger partial charge in [0.05, 0.1) is 26.8 Å². The molecule has 1 aliphatic rings. The molecule has 26 heavy (non-hydrogen) atoms. The van der Waals surface area contributed by atoms with E-state index < -0.39 is 0 Å². The lowest BCUT2D eigenvalue weighted by atomic mass is 10.3. The molecule has 0 amide bonds. The van der Waals surface area contributed by atoms with Crippen LogP contribution in [0.15, 0.2) is 35.2 Å². The molecule has 7 nitrogen and oxygen atoms in total. The van der Waals surface area contributed by atoms with Crippen LogP contribution in [0.4, 0.5) is 5.69 Å². The maximum Gasteiger partial charge on any atom is 0.220 e. The SMILES string of the molecule is CNc1ccc(SN2CCN(Cc3nc(OC)cc(OC)n3)CC2)cc1. The number of benzene rings is 1. The molecule has 0 aliphatic carbocycles. The number of nitrogens with one attached hydrogen (secondary N) is 1. The van der Waals surface area contributed by atoms with Gasteiger partial charge in [0.2, 0.25) is 11.8 Å². The van der Waals surface area contributed by atoms with Gasteiger partial charge < -0.3 is 14.8 Å². The average Bonchev–Trinajstić information content (AvgIpc) is 2.69. The van der Waals surface area contributed by atoms with E-state index >= 15 is 0 Å². The Labute approximate surface area is 158 Å². The molecule has 0 spiro atoms. The second-order valence-corrected chi connectivity index (χ2v) is 7.11. The van der Waals surface area contributed by atoms with Crippen molar-refractivity contribution in [1.29, 1.82) is 0 Å². The van der Waals surface area contributed by atoms with Gasteiger partial charge in [0.1, 0.15) is 5.82 Å². The molecule has 8 heteroatoms. The van der Waals surface area contributed by atoms with Crippen LogP contribution in [-0.2, 0) is 6.54 Å². The van der Waals surface area contributed by atoms with Gasteiger partial charge in [0, 0.05) is 43.8 Å². The minimum Gasteiger partial charge on any atom is -0.481 e. The third kappa shape index (κ3) is 5.00. The Morgan fingerprint density at radius 3 is 2.15 bits per heavy atom. The topological polar surface area (TPSA) is 62.8 Å². The Bertz CT molecular complexity index is 683. The standard InChI is InChI=1S/C18H25N5O2S/c1-19-14-4-6-15(7-5-14)26-23-10-8-22(9-11-23)13-16-20-17(24-2)12-18(21-16)25-3/h4-7,12,19H,8-11,13H2,1-3H3. The van der Waals surface area contributed by atoms with Crippen molar-refractivity contribution in [1.82, 2.24) is 19.2 Å². The number of anilines is 1. The van der Waals surface area contributed by atoms with E-state index in [1.807, 2.05) is 19.0 Å². The van der Waals surface area contributed by atoms with Crippen molar-refractivity contribution in [2.45, 2.75) is 11.4 Å². The molecule has 140 valence electrons. The van der Waals surface area contributed by atoms with Crippen LogP contribution in [0.25, 0.3) is 0 Å². The van der Waals surface area contributed by atoms with Crippen LogP contribution in [-0.4, -0.2) is 66.6 Å². The number of nitrogens with zero attached hydrogens (tertiary/aromatic N) is 4. The fourth-order valence-corrected chi connectivity index (χ4v) is 3.64. The Hall–Kier alpha value is -2.03. The van der Waals surface area contributed by atoms with Gasteiger partial charge in [-0.1, -0.05) is 0 Å². The normalized spacial score (nSPS) is 15.7. The van der Waals surface area contributed by atoms with Crippen molar-refractivity contribution in [2.75, 3.05) is 52.8 Å². The maximum atomic E-state index is 5.22. The summed E-state index contributed by atoms with van der Waals surface area (Å²) < 4.78 is 12.8. The van der Waals surface area contributed by atoms with Gasteiger partial charge in [-0.05, 0) is 36.2 Å². The Morgan fingerprint density at radius 1 is 1.00 bits per heavy atom. The van der Waals surface area contributed by atoms with Crippen molar-refractivity contribution < 1.29 is 9.47 Å². The van der Waals surface area contributed by atoms with Crippen LogP contribution in [0.5, 0.6) is 11.8 Å².